The number of nitrogens with zero attached hydrogens (tertiary/aromatic N) is 3. The molecule has 1 atom stereocenters. The number of rotatable bonds is 10. The number of carbonyl (C=O) groups excluding carboxylic acids is 2. The van der Waals surface area contributed by atoms with Gasteiger partial charge in [0, 0.05) is 72.5 Å². The molecule has 2 fully saturated rings. The van der Waals surface area contributed by atoms with E-state index in [1.54, 1.807) is 25.4 Å². The molecule has 232 valence electrons. The Morgan fingerprint density at radius 2 is 2.14 bits per heavy atom. The summed E-state index contributed by atoms with van der Waals surface area (Å²) in [7, 11) is 0. The van der Waals surface area contributed by atoms with Gasteiger partial charge in [0.25, 0.3) is 11.8 Å². The number of dihydropyridines is 1. The van der Waals surface area contributed by atoms with Gasteiger partial charge in [-0.05, 0) is 71.9 Å². The van der Waals surface area contributed by atoms with Gasteiger partial charge < -0.3 is 31.8 Å². The summed E-state index contributed by atoms with van der Waals surface area (Å²) in [4.78, 5) is 37.5. The number of carbonyl (C=O) groups is 2. The molecule has 43 heavy (non-hydrogen) atoms. The smallest absolute Gasteiger partial charge is 0.253 e. The molecule has 1 aromatic heterocycles. The first-order chi connectivity index (χ1) is 20.7. The van der Waals surface area contributed by atoms with Crippen LogP contribution in [-0.2, 0) is 9.53 Å². The fraction of sp³-hybridized carbons (Fsp3) is 0.469. The highest BCUT2D eigenvalue weighted by Crippen LogP contribution is 2.27. The van der Waals surface area contributed by atoms with Crippen LogP contribution in [-0.4, -0.2) is 79.1 Å². The zero-order valence-electron chi connectivity index (χ0n) is 25.8. The topological polar surface area (TPSA) is 158 Å². The van der Waals surface area contributed by atoms with Crippen molar-refractivity contribution >= 4 is 30.4 Å². The second kappa shape index (κ2) is 15.9. The maximum Gasteiger partial charge on any atom is 0.253 e. The summed E-state index contributed by atoms with van der Waals surface area (Å²) in [6.07, 6.45) is 14.2. The zero-order chi connectivity index (χ0) is 31.4. The number of likely N-dealkylation sites (tertiary alicyclic amines) is 1. The lowest BCUT2D eigenvalue weighted by molar-refractivity contribution is -0.113. The molecule has 1 aromatic rings. The van der Waals surface area contributed by atoms with E-state index in [9.17, 15) is 9.59 Å². The molecule has 0 bridgehead atoms. The molecule has 0 aromatic carbocycles. The predicted octanol–water partition coefficient (Wildman–Crippen LogP) is 3.61. The van der Waals surface area contributed by atoms with Crippen molar-refractivity contribution in [3.05, 3.63) is 70.5 Å². The van der Waals surface area contributed by atoms with Crippen LogP contribution in [0.25, 0.3) is 0 Å². The molecule has 0 radical (unpaired) electrons. The summed E-state index contributed by atoms with van der Waals surface area (Å²) in [5.41, 5.74) is 10.5. The van der Waals surface area contributed by atoms with E-state index in [0.29, 0.717) is 47.8 Å². The lowest BCUT2D eigenvalue weighted by atomic mass is 10.0. The monoisotopic (exact) mass is 590 g/mol. The van der Waals surface area contributed by atoms with Crippen molar-refractivity contribution in [2.75, 3.05) is 38.2 Å². The molecule has 6 N–H and O–H groups in total. The molecule has 1 unspecified atom stereocenters. The van der Waals surface area contributed by atoms with Crippen molar-refractivity contribution in [2.45, 2.75) is 65.0 Å². The number of pyridine rings is 1. The van der Waals surface area contributed by atoms with Gasteiger partial charge in [0.05, 0.1) is 29.6 Å². The number of aryl methyl sites for hydroxylation is 1. The lowest BCUT2D eigenvalue weighted by Gasteiger charge is -2.31. The SMILES string of the molecule is C=N.CC/C(C(=O)Nc1cc(C(=O)NCCN2CCCC2(C)C)cnc1C)=C1/C=CC(/C(C=NC2CCOC2)=C/N)=CN1. The number of ether oxygens (including phenoxy) is 1. The number of aromatic nitrogens is 1. The largest absolute Gasteiger partial charge is 0.404 e. The Balaban J connectivity index is 0.00000248. The first kappa shape index (κ1) is 33.4. The number of hydrogen-bond acceptors (Lipinski definition) is 9. The van der Waals surface area contributed by atoms with Crippen molar-refractivity contribution < 1.29 is 14.3 Å². The van der Waals surface area contributed by atoms with Crippen LogP contribution in [0.5, 0.6) is 0 Å². The maximum absolute atomic E-state index is 13.3. The van der Waals surface area contributed by atoms with Crippen LogP contribution < -0.4 is 21.7 Å². The van der Waals surface area contributed by atoms with E-state index >= 15 is 0 Å². The maximum atomic E-state index is 13.3. The molecule has 3 aliphatic heterocycles. The van der Waals surface area contributed by atoms with E-state index in [1.165, 1.54) is 19.0 Å². The normalized spacial score (nSPS) is 21.1. The average molecular weight is 591 g/mol. The van der Waals surface area contributed by atoms with Crippen molar-refractivity contribution in [3.63, 3.8) is 0 Å². The summed E-state index contributed by atoms with van der Waals surface area (Å²) in [5, 5.41) is 14.7. The van der Waals surface area contributed by atoms with E-state index in [4.69, 9.17) is 15.9 Å². The van der Waals surface area contributed by atoms with Gasteiger partial charge in [0.1, 0.15) is 0 Å². The van der Waals surface area contributed by atoms with Gasteiger partial charge in [-0.2, -0.15) is 0 Å². The van der Waals surface area contributed by atoms with Gasteiger partial charge in [-0.1, -0.05) is 13.0 Å². The summed E-state index contributed by atoms with van der Waals surface area (Å²) < 4.78 is 5.38. The molecular weight excluding hydrogens is 544 g/mol. The molecule has 11 nitrogen and oxygen atoms in total. The van der Waals surface area contributed by atoms with Crippen LogP contribution in [0.3, 0.4) is 0 Å². The summed E-state index contributed by atoms with van der Waals surface area (Å²) in [5.74, 6) is -0.464. The van der Waals surface area contributed by atoms with Crippen LogP contribution in [0, 0.1) is 12.3 Å². The molecule has 4 rings (SSSR count). The third kappa shape index (κ3) is 8.95. The van der Waals surface area contributed by atoms with Crippen LogP contribution in [0.15, 0.2) is 64.2 Å². The van der Waals surface area contributed by atoms with E-state index in [-0.39, 0.29) is 23.4 Å². The highest BCUT2D eigenvalue weighted by molar-refractivity contribution is 6.05. The van der Waals surface area contributed by atoms with Gasteiger partial charge in [-0.3, -0.25) is 24.5 Å². The number of anilines is 1. The van der Waals surface area contributed by atoms with Crippen LogP contribution in [0.2, 0.25) is 0 Å². The Morgan fingerprint density at radius 1 is 1.35 bits per heavy atom. The van der Waals surface area contributed by atoms with E-state index in [2.05, 4.69) is 51.4 Å². The van der Waals surface area contributed by atoms with Gasteiger partial charge in [0.15, 0.2) is 0 Å². The van der Waals surface area contributed by atoms with Crippen molar-refractivity contribution in [2.24, 2.45) is 10.7 Å². The quantitative estimate of drug-likeness (QED) is 0.206. The molecular formula is C32H46N8O3. The number of nitrogens with two attached hydrogens (primary N) is 1. The Labute approximate surface area is 255 Å². The van der Waals surface area contributed by atoms with Crippen LogP contribution in [0.4, 0.5) is 5.69 Å². The molecule has 2 amide bonds. The summed E-state index contributed by atoms with van der Waals surface area (Å²) in [6, 6.07) is 1.84. The number of allylic oxidation sites excluding steroid dienone is 4. The number of aliphatic imine (C=N–C) groups is 1. The molecule has 0 saturated carbocycles. The third-order valence-corrected chi connectivity index (χ3v) is 7.95. The van der Waals surface area contributed by atoms with Gasteiger partial charge >= 0.3 is 0 Å². The number of amides is 2. The molecule has 4 heterocycles. The molecule has 0 spiro atoms. The fourth-order valence-corrected chi connectivity index (χ4v) is 5.27. The fourth-order valence-electron chi connectivity index (χ4n) is 5.27. The van der Waals surface area contributed by atoms with E-state index in [0.717, 1.165) is 37.3 Å². The highest BCUT2D eigenvalue weighted by atomic mass is 16.5. The minimum atomic E-state index is -0.257. The molecule has 11 heteroatoms. The Bertz CT molecular complexity index is 1310. The first-order valence-corrected chi connectivity index (χ1v) is 14.8. The van der Waals surface area contributed by atoms with Crippen molar-refractivity contribution in [1.29, 1.82) is 5.41 Å². The minimum absolute atomic E-state index is 0.154. The number of hydrogen-bond donors (Lipinski definition) is 5. The van der Waals surface area contributed by atoms with E-state index < -0.39 is 0 Å². The second-order valence-corrected chi connectivity index (χ2v) is 11.2. The van der Waals surface area contributed by atoms with Crippen LogP contribution >= 0.6 is 0 Å². The number of nitrogens with one attached hydrogen (secondary N) is 4. The third-order valence-electron chi connectivity index (χ3n) is 7.95. The lowest BCUT2D eigenvalue weighted by Crippen LogP contribution is -2.43. The average Bonchev–Trinajstić information content (AvgIpc) is 3.65. The minimum Gasteiger partial charge on any atom is -0.404 e. The Kier molecular flexibility index (Phi) is 12.4. The predicted molar refractivity (Wildman–Crippen MR) is 172 cm³/mol. The van der Waals surface area contributed by atoms with Crippen molar-refractivity contribution in [3.8, 4) is 0 Å². The first-order valence-electron chi connectivity index (χ1n) is 14.8. The standard InChI is InChI=1S/C31H43N7O3.CH3N/c1-5-26(27-8-7-22(17-36-27)24(16-32)19-35-25-9-14-41-20-25)30(40)37-28-15-23(18-34-21(28)2)29(39)33-11-13-38-12-6-10-31(38,3)4;1-2/h7-8,15-19,25,36H,5-6,9-14,20,32H2,1-4H3,(H,33,39)(H,37,40);2H,1H2/b24-16+,27-26+,35-19?;. The Morgan fingerprint density at radius 3 is 2.74 bits per heavy atom. The molecule has 0 aliphatic carbocycles. The van der Waals surface area contributed by atoms with Gasteiger partial charge in [-0.15, -0.1) is 0 Å². The zero-order valence-corrected chi connectivity index (χ0v) is 25.8. The highest BCUT2D eigenvalue weighted by Gasteiger charge is 2.31. The molecule has 3 aliphatic rings. The Hall–Kier alpha value is -4.09. The summed E-state index contributed by atoms with van der Waals surface area (Å²) in [6.45, 7) is 14.5. The summed E-state index contributed by atoms with van der Waals surface area (Å²) >= 11 is 0. The van der Waals surface area contributed by atoms with Gasteiger partial charge in [-0.25, -0.2) is 0 Å². The van der Waals surface area contributed by atoms with E-state index in [1.807, 2.05) is 25.3 Å². The second-order valence-electron chi connectivity index (χ2n) is 11.2. The van der Waals surface area contributed by atoms with Crippen molar-refractivity contribution in [1.82, 2.24) is 20.5 Å². The van der Waals surface area contributed by atoms with Gasteiger partial charge in [0.2, 0.25) is 0 Å². The molecule has 2 saturated heterocycles. The van der Waals surface area contributed by atoms with Crippen LogP contribution in [0.1, 0.15) is 62.5 Å².